The molecule has 0 saturated carbocycles. The summed E-state index contributed by atoms with van der Waals surface area (Å²) in [5, 5.41) is 3.86. The van der Waals surface area contributed by atoms with E-state index in [4.69, 9.17) is 23.2 Å². The average molecular weight is 302 g/mol. The minimum atomic E-state index is -4.27. The lowest BCUT2D eigenvalue weighted by atomic mass is 10.2. The Morgan fingerprint density at radius 2 is 1.89 bits per heavy atom. The van der Waals surface area contributed by atoms with Gasteiger partial charge in [-0.05, 0) is 17.7 Å². The third-order valence-electron chi connectivity index (χ3n) is 2.00. The monoisotopic (exact) mass is 301 g/mol. The lowest BCUT2D eigenvalue weighted by molar-refractivity contribution is -0.173. The zero-order valence-electron chi connectivity index (χ0n) is 9.36. The standard InChI is InChI=1S/C11H12Cl2F3NO/c12-9-2-1-8(5-10(9)13)6-17-3-4-18-7-11(14,15)16/h1-2,5,17H,3-4,6-7H2. The highest BCUT2D eigenvalue weighted by Gasteiger charge is 2.27. The van der Waals surface area contributed by atoms with E-state index in [1.165, 1.54) is 0 Å². The van der Waals surface area contributed by atoms with Gasteiger partial charge in [-0.3, -0.25) is 0 Å². The molecule has 0 bridgehead atoms. The summed E-state index contributed by atoms with van der Waals surface area (Å²) < 4.78 is 39.7. The van der Waals surface area contributed by atoms with Gasteiger partial charge in [0.1, 0.15) is 6.61 Å². The van der Waals surface area contributed by atoms with Crippen molar-refractivity contribution in [1.82, 2.24) is 5.32 Å². The molecule has 0 amide bonds. The summed E-state index contributed by atoms with van der Waals surface area (Å²) in [5.41, 5.74) is 0.903. The molecule has 0 aliphatic carbocycles. The number of ether oxygens (including phenoxy) is 1. The van der Waals surface area contributed by atoms with Crippen LogP contribution in [0.5, 0.6) is 0 Å². The van der Waals surface area contributed by atoms with Crippen LogP contribution in [0.25, 0.3) is 0 Å². The molecule has 0 radical (unpaired) electrons. The van der Waals surface area contributed by atoms with Crippen LogP contribution in [0.15, 0.2) is 18.2 Å². The van der Waals surface area contributed by atoms with Gasteiger partial charge in [0, 0.05) is 13.1 Å². The average Bonchev–Trinajstić information content (AvgIpc) is 2.26. The number of halogens is 5. The van der Waals surface area contributed by atoms with E-state index in [1.807, 2.05) is 0 Å². The molecule has 0 atom stereocenters. The first kappa shape index (κ1) is 15.6. The fourth-order valence-electron chi connectivity index (χ4n) is 1.21. The van der Waals surface area contributed by atoms with Crippen LogP contribution in [-0.2, 0) is 11.3 Å². The third-order valence-corrected chi connectivity index (χ3v) is 2.74. The van der Waals surface area contributed by atoms with Crippen LogP contribution in [-0.4, -0.2) is 25.9 Å². The van der Waals surface area contributed by atoms with E-state index in [1.54, 1.807) is 18.2 Å². The molecule has 7 heteroatoms. The Morgan fingerprint density at radius 1 is 1.17 bits per heavy atom. The Balaban J connectivity index is 2.16. The normalized spacial score (nSPS) is 11.8. The van der Waals surface area contributed by atoms with Crippen LogP contribution in [0, 0.1) is 0 Å². The van der Waals surface area contributed by atoms with Crippen molar-refractivity contribution in [3.05, 3.63) is 33.8 Å². The maximum absolute atomic E-state index is 11.7. The number of hydrogen-bond acceptors (Lipinski definition) is 2. The van der Waals surface area contributed by atoms with E-state index >= 15 is 0 Å². The highest BCUT2D eigenvalue weighted by Crippen LogP contribution is 2.22. The molecule has 0 aliphatic heterocycles. The van der Waals surface area contributed by atoms with Crippen molar-refractivity contribution >= 4 is 23.2 Å². The molecule has 0 spiro atoms. The van der Waals surface area contributed by atoms with Gasteiger partial charge in [-0.2, -0.15) is 13.2 Å². The van der Waals surface area contributed by atoms with E-state index in [0.717, 1.165) is 5.56 Å². The number of alkyl halides is 3. The Hall–Kier alpha value is -0.490. The molecule has 0 unspecified atom stereocenters. The first-order valence-electron chi connectivity index (χ1n) is 5.17. The van der Waals surface area contributed by atoms with Crippen LogP contribution in [0.4, 0.5) is 13.2 Å². The summed E-state index contributed by atoms with van der Waals surface area (Å²) in [6.45, 7) is -0.398. The van der Waals surface area contributed by atoms with E-state index in [0.29, 0.717) is 23.1 Å². The van der Waals surface area contributed by atoms with Crippen molar-refractivity contribution in [2.45, 2.75) is 12.7 Å². The Kier molecular flexibility index (Phi) is 6.21. The number of benzene rings is 1. The fraction of sp³-hybridized carbons (Fsp3) is 0.455. The van der Waals surface area contributed by atoms with Crippen LogP contribution in [0.2, 0.25) is 10.0 Å². The molecular weight excluding hydrogens is 290 g/mol. The number of nitrogens with one attached hydrogen (secondary N) is 1. The highest BCUT2D eigenvalue weighted by atomic mass is 35.5. The maximum Gasteiger partial charge on any atom is 0.411 e. The van der Waals surface area contributed by atoms with Gasteiger partial charge in [0.2, 0.25) is 0 Å². The van der Waals surface area contributed by atoms with Crippen LogP contribution in [0.3, 0.4) is 0 Å². The van der Waals surface area contributed by atoms with Crippen LogP contribution < -0.4 is 5.32 Å². The number of hydrogen-bond donors (Lipinski definition) is 1. The van der Waals surface area contributed by atoms with Crippen molar-refractivity contribution in [1.29, 1.82) is 0 Å². The predicted octanol–water partition coefficient (Wildman–Crippen LogP) is 3.66. The Morgan fingerprint density at radius 3 is 2.50 bits per heavy atom. The van der Waals surface area contributed by atoms with Crippen LogP contribution in [0.1, 0.15) is 5.56 Å². The predicted molar refractivity (Wildman–Crippen MR) is 65.0 cm³/mol. The van der Waals surface area contributed by atoms with Gasteiger partial charge in [0.05, 0.1) is 16.7 Å². The lowest BCUT2D eigenvalue weighted by Crippen LogP contribution is -2.23. The van der Waals surface area contributed by atoms with Crippen molar-refractivity contribution in [2.24, 2.45) is 0 Å². The summed E-state index contributed by atoms with van der Waals surface area (Å²) in [5.74, 6) is 0. The molecule has 1 rings (SSSR count). The first-order chi connectivity index (χ1) is 8.38. The summed E-state index contributed by atoms with van der Waals surface area (Å²) in [6, 6.07) is 5.16. The van der Waals surface area contributed by atoms with Crippen LogP contribution >= 0.6 is 23.2 Å². The Labute approximate surface area is 113 Å². The molecule has 0 fully saturated rings. The van der Waals surface area contributed by atoms with Gasteiger partial charge >= 0.3 is 6.18 Å². The second-order valence-electron chi connectivity index (χ2n) is 3.59. The molecule has 18 heavy (non-hydrogen) atoms. The third kappa shape index (κ3) is 6.44. The molecule has 0 heterocycles. The summed E-state index contributed by atoms with van der Waals surface area (Å²) in [6.07, 6.45) is -4.27. The van der Waals surface area contributed by atoms with E-state index in [-0.39, 0.29) is 6.61 Å². The van der Waals surface area contributed by atoms with Gasteiger partial charge in [0.15, 0.2) is 0 Å². The molecule has 0 saturated heterocycles. The Bertz CT molecular complexity index is 385. The maximum atomic E-state index is 11.7. The molecule has 0 aliphatic rings. The van der Waals surface area contributed by atoms with Gasteiger partial charge in [-0.25, -0.2) is 0 Å². The molecule has 1 N–H and O–H groups in total. The highest BCUT2D eigenvalue weighted by molar-refractivity contribution is 6.42. The quantitative estimate of drug-likeness (QED) is 0.810. The summed E-state index contributed by atoms with van der Waals surface area (Å²) >= 11 is 11.6. The molecule has 102 valence electrons. The topological polar surface area (TPSA) is 21.3 Å². The van der Waals surface area contributed by atoms with Gasteiger partial charge in [-0.15, -0.1) is 0 Å². The summed E-state index contributed by atoms with van der Waals surface area (Å²) in [7, 11) is 0. The molecule has 0 aromatic heterocycles. The molecular formula is C11H12Cl2F3NO. The zero-order chi connectivity index (χ0) is 13.6. The van der Waals surface area contributed by atoms with E-state index in [2.05, 4.69) is 10.1 Å². The SMILES string of the molecule is FC(F)(F)COCCNCc1ccc(Cl)c(Cl)c1. The fourth-order valence-corrected chi connectivity index (χ4v) is 1.54. The van der Waals surface area contributed by atoms with Gasteiger partial charge in [-0.1, -0.05) is 29.3 Å². The lowest BCUT2D eigenvalue weighted by Gasteiger charge is -2.08. The molecule has 1 aromatic rings. The van der Waals surface area contributed by atoms with E-state index < -0.39 is 12.8 Å². The van der Waals surface area contributed by atoms with Crippen molar-refractivity contribution in [2.75, 3.05) is 19.8 Å². The second-order valence-corrected chi connectivity index (χ2v) is 4.41. The van der Waals surface area contributed by atoms with Crippen molar-refractivity contribution in [3.8, 4) is 0 Å². The van der Waals surface area contributed by atoms with Gasteiger partial charge in [0.25, 0.3) is 0 Å². The zero-order valence-corrected chi connectivity index (χ0v) is 10.9. The molecule has 2 nitrogen and oxygen atoms in total. The smallest absolute Gasteiger partial charge is 0.371 e. The largest absolute Gasteiger partial charge is 0.411 e. The number of rotatable bonds is 6. The minimum Gasteiger partial charge on any atom is -0.371 e. The van der Waals surface area contributed by atoms with Gasteiger partial charge < -0.3 is 10.1 Å². The van der Waals surface area contributed by atoms with Crippen molar-refractivity contribution < 1.29 is 17.9 Å². The van der Waals surface area contributed by atoms with Crippen molar-refractivity contribution in [3.63, 3.8) is 0 Å². The second kappa shape index (κ2) is 7.19. The molecule has 1 aromatic carbocycles. The first-order valence-corrected chi connectivity index (χ1v) is 5.93. The summed E-state index contributed by atoms with van der Waals surface area (Å²) in [4.78, 5) is 0. The van der Waals surface area contributed by atoms with E-state index in [9.17, 15) is 13.2 Å². The minimum absolute atomic E-state index is 0.000825.